The summed E-state index contributed by atoms with van der Waals surface area (Å²) in [6.07, 6.45) is 14.1. The zero-order valence-electron chi connectivity index (χ0n) is 14.5. The number of nitrogens with one attached hydrogen (secondary N) is 1. The minimum atomic E-state index is -0.0459. The van der Waals surface area contributed by atoms with Crippen LogP contribution in [0.15, 0.2) is 47.6 Å². The van der Waals surface area contributed by atoms with E-state index in [1.807, 2.05) is 24.3 Å². The van der Waals surface area contributed by atoms with Gasteiger partial charge < -0.3 is 10.1 Å². The molecular formula is C21H27NO2. The maximum absolute atomic E-state index is 12.9. The maximum atomic E-state index is 12.9. The Hall–Kier alpha value is -2.03. The topological polar surface area (TPSA) is 38.3 Å². The van der Waals surface area contributed by atoms with Crippen LogP contribution in [-0.2, 0) is 0 Å². The SMILES string of the molecule is COc1ccccc1C(=O)NC(C1=CCCCC1)C1=CCCCC1. The van der Waals surface area contributed by atoms with Gasteiger partial charge in [0.1, 0.15) is 5.75 Å². The second kappa shape index (κ2) is 8.18. The van der Waals surface area contributed by atoms with E-state index in [0.29, 0.717) is 11.3 Å². The number of benzene rings is 1. The second-order valence-corrected chi connectivity index (χ2v) is 6.66. The molecule has 128 valence electrons. The van der Waals surface area contributed by atoms with Gasteiger partial charge in [0.05, 0.1) is 18.7 Å². The Bertz CT molecular complexity index is 619. The molecule has 0 fully saturated rings. The summed E-state index contributed by atoms with van der Waals surface area (Å²) in [5.74, 6) is 0.583. The van der Waals surface area contributed by atoms with Crippen molar-refractivity contribution >= 4 is 5.91 Å². The maximum Gasteiger partial charge on any atom is 0.255 e. The average Bonchev–Trinajstić information content (AvgIpc) is 2.67. The summed E-state index contributed by atoms with van der Waals surface area (Å²) < 4.78 is 5.35. The van der Waals surface area contributed by atoms with Crippen LogP contribution in [0.4, 0.5) is 0 Å². The number of rotatable bonds is 5. The highest BCUT2D eigenvalue weighted by Crippen LogP contribution is 2.30. The molecule has 3 nitrogen and oxygen atoms in total. The smallest absolute Gasteiger partial charge is 0.255 e. The molecule has 0 heterocycles. The molecule has 3 rings (SSSR count). The van der Waals surface area contributed by atoms with Crippen LogP contribution >= 0.6 is 0 Å². The number of hydrogen-bond donors (Lipinski definition) is 1. The van der Waals surface area contributed by atoms with Gasteiger partial charge in [-0.05, 0) is 74.6 Å². The monoisotopic (exact) mass is 325 g/mol. The van der Waals surface area contributed by atoms with E-state index in [2.05, 4.69) is 17.5 Å². The van der Waals surface area contributed by atoms with Crippen LogP contribution in [-0.4, -0.2) is 19.1 Å². The zero-order chi connectivity index (χ0) is 16.8. The van der Waals surface area contributed by atoms with Gasteiger partial charge in [0, 0.05) is 0 Å². The summed E-state index contributed by atoms with van der Waals surface area (Å²) in [4.78, 5) is 12.9. The van der Waals surface area contributed by atoms with Crippen molar-refractivity contribution in [2.45, 2.75) is 57.4 Å². The molecule has 0 spiro atoms. The van der Waals surface area contributed by atoms with Crippen LogP contribution in [0, 0.1) is 0 Å². The molecule has 1 aromatic carbocycles. The number of carbonyl (C=O) groups excluding carboxylic acids is 1. The molecule has 24 heavy (non-hydrogen) atoms. The Morgan fingerprint density at radius 2 is 1.62 bits per heavy atom. The molecule has 0 radical (unpaired) electrons. The van der Waals surface area contributed by atoms with Crippen molar-refractivity contribution in [3.05, 3.63) is 53.1 Å². The first-order valence-electron chi connectivity index (χ1n) is 9.11. The van der Waals surface area contributed by atoms with Crippen LogP contribution in [0.5, 0.6) is 5.75 Å². The lowest BCUT2D eigenvalue weighted by molar-refractivity contribution is 0.0943. The Morgan fingerprint density at radius 1 is 1.00 bits per heavy atom. The molecule has 0 unspecified atom stereocenters. The Kier molecular flexibility index (Phi) is 5.73. The van der Waals surface area contributed by atoms with Crippen LogP contribution < -0.4 is 10.1 Å². The summed E-state index contributed by atoms with van der Waals surface area (Å²) in [7, 11) is 1.61. The van der Waals surface area contributed by atoms with E-state index in [0.717, 1.165) is 25.7 Å². The molecule has 3 heteroatoms. The normalized spacial score (nSPS) is 17.9. The number of hydrogen-bond acceptors (Lipinski definition) is 2. The van der Waals surface area contributed by atoms with E-state index in [1.54, 1.807) is 7.11 Å². The molecule has 2 aliphatic carbocycles. The van der Waals surface area contributed by atoms with Crippen molar-refractivity contribution in [1.29, 1.82) is 0 Å². The van der Waals surface area contributed by atoms with Crippen LogP contribution in [0.25, 0.3) is 0 Å². The largest absolute Gasteiger partial charge is 0.496 e. The standard InChI is InChI=1S/C21H27NO2/c1-24-19-15-9-8-14-18(19)21(23)22-20(16-10-4-2-5-11-16)17-12-6-3-7-13-17/h8-10,12,14-15,20H,2-7,11,13H2,1H3,(H,22,23). The Morgan fingerprint density at radius 3 is 2.17 bits per heavy atom. The highest BCUT2D eigenvalue weighted by Gasteiger charge is 2.24. The van der Waals surface area contributed by atoms with Gasteiger partial charge in [0.25, 0.3) is 5.91 Å². The van der Waals surface area contributed by atoms with E-state index < -0.39 is 0 Å². The van der Waals surface area contributed by atoms with Crippen LogP contribution in [0.3, 0.4) is 0 Å². The fraction of sp³-hybridized carbons (Fsp3) is 0.476. The average molecular weight is 325 g/mol. The lowest BCUT2D eigenvalue weighted by Gasteiger charge is -2.29. The Balaban J connectivity index is 1.84. The first-order valence-corrected chi connectivity index (χ1v) is 9.11. The van der Waals surface area contributed by atoms with Crippen LogP contribution in [0.2, 0.25) is 0 Å². The lowest BCUT2D eigenvalue weighted by atomic mass is 9.85. The van der Waals surface area contributed by atoms with Crippen molar-refractivity contribution in [3.8, 4) is 5.75 Å². The number of amides is 1. The molecular weight excluding hydrogens is 298 g/mol. The van der Waals surface area contributed by atoms with E-state index in [9.17, 15) is 4.79 Å². The van der Waals surface area contributed by atoms with Gasteiger partial charge in [-0.15, -0.1) is 0 Å². The molecule has 1 N–H and O–H groups in total. The van der Waals surface area contributed by atoms with Crippen molar-refractivity contribution in [1.82, 2.24) is 5.32 Å². The molecule has 0 aromatic heterocycles. The number of para-hydroxylation sites is 1. The third kappa shape index (κ3) is 3.89. The molecule has 0 atom stereocenters. The van der Waals surface area contributed by atoms with Gasteiger partial charge in [-0.3, -0.25) is 4.79 Å². The fourth-order valence-corrected chi connectivity index (χ4v) is 3.71. The minimum Gasteiger partial charge on any atom is -0.496 e. The van der Waals surface area contributed by atoms with E-state index >= 15 is 0 Å². The van der Waals surface area contributed by atoms with Gasteiger partial charge in [-0.1, -0.05) is 24.3 Å². The van der Waals surface area contributed by atoms with E-state index in [-0.39, 0.29) is 11.9 Å². The summed E-state index contributed by atoms with van der Waals surface area (Å²) in [5.41, 5.74) is 3.38. The first-order chi connectivity index (χ1) is 11.8. The molecule has 0 bridgehead atoms. The summed E-state index contributed by atoms with van der Waals surface area (Å²) in [6.45, 7) is 0. The summed E-state index contributed by atoms with van der Waals surface area (Å²) in [5, 5.41) is 3.29. The molecule has 0 saturated carbocycles. The van der Waals surface area contributed by atoms with Gasteiger partial charge in [-0.2, -0.15) is 0 Å². The van der Waals surface area contributed by atoms with Crippen molar-refractivity contribution in [2.24, 2.45) is 0 Å². The third-order valence-corrected chi connectivity index (χ3v) is 5.02. The van der Waals surface area contributed by atoms with Crippen molar-refractivity contribution < 1.29 is 9.53 Å². The summed E-state index contributed by atoms with van der Waals surface area (Å²) in [6, 6.07) is 7.49. The van der Waals surface area contributed by atoms with Gasteiger partial charge in [-0.25, -0.2) is 0 Å². The first kappa shape index (κ1) is 16.8. The lowest BCUT2D eigenvalue weighted by Crippen LogP contribution is -2.38. The molecule has 0 aliphatic heterocycles. The number of carbonyl (C=O) groups is 1. The minimum absolute atomic E-state index is 0.0459. The molecule has 1 aromatic rings. The van der Waals surface area contributed by atoms with Gasteiger partial charge in [0.2, 0.25) is 0 Å². The van der Waals surface area contributed by atoms with Gasteiger partial charge >= 0.3 is 0 Å². The predicted octanol–water partition coefficient (Wildman–Crippen LogP) is 4.79. The zero-order valence-corrected chi connectivity index (χ0v) is 14.5. The third-order valence-electron chi connectivity index (χ3n) is 5.02. The summed E-state index contributed by atoms with van der Waals surface area (Å²) >= 11 is 0. The molecule has 2 aliphatic rings. The number of methoxy groups -OCH3 is 1. The second-order valence-electron chi connectivity index (χ2n) is 6.66. The van der Waals surface area contributed by atoms with E-state index in [1.165, 1.54) is 36.8 Å². The van der Waals surface area contributed by atoms with Crippen molar-refractivity contribution in [2.75, 3.05) is 7.11 Å². The van der Waals surface area contributed by atoms with Crippen LogP contribution in [0.1, 0.15) is 61.7 Å². The quantitative estimate of drug-likeness (QED) is 0.790. The highest BCUT2D eigenvalue weighted by atomic mass is 16.5. The fourth-order valence-electron chi connectivity index (χ4n) is 3.71. The molecule has 1 amide bonds. The van der Waals surface area contributed by atoms with E-state index in [4.69, 9.17) is 4.74 Å². The molecule has 0 saturated heterocycles. The van der Waals surface area contributed by atoms with Crippen molar-refractivity contribution in [3.63, 3.8) is 0 Å². The van der Waals surface area contributed by atoms with Gasteiger partial charge in [0.15, 0.2) is 0 Å². The number of ether oxygens (including phenoxy) is 1. The highest BCUT2D eigenvalue weighted by molar-refractivity contribution is 5.97. The predicted molar refractivity (Wildman–Crippen MR) is 97.4 cm³/mol. The Labute approximate surface area is 144 Å². The number of allylic oxidation sites excluding steroid dienone is 2.